The van der Waals surface area contributed by atoms with Gasteiger partial charge in [-0.2, -0.15) is 14.0 Å². The summed E-state index contributed by atoms with van der Waals surface area (Å²) in [6.45, 7) is 0. The molecule has 0 aromatic heterocycles. The minimum absolute atomic E-state index is 0.0328. The number of hydrogen-bond acceptors (Lipinski definition) is 4. The third-order valence-electron chi connectivity index (χ3n) is 3.88. The molecular formula is C17H11F4NO2S. The van der Waals surface area contributed by atoms with Crippen LogP contribution in [0.4, 0.5) is 17.6 Å². The summed E-state index contributed by atoms with van der Waals surface area (Å²) >= 11 is 1.09. The van der Waals surface area contributed by atoms with Gasteiger partial charge in [0.05, 0.1) is 11.6 Å². The Bertz CT molecular complexity index is 882. The van der Waals surface area contributed by atoms with Crippen LogP contribution in [0.1, 0.15) is 29.0 Å². The maximum Gasteiger partial charge on any atom is 0.312 e. The number of fused-ring (bicyclic) bond motifs is 1. The van der Waals surface area contributed by atoms with E-state index in [4.69, 9.17) is 10.00 Å². The lowest BCUT2D eigenvalue weighted by Gasteiger charge is -2.16. The van der Waals surface area contributed by atoms with Crippen molar-refractivity contribution in [2.75, 3.05) is 6.26 Å². The van der Waals surface area contributed by atoms with Crippen LogP contribution >= 0.6 is 11.8 Å². The molecule has 130 valence electrons. The van der Waals surface area contributed by atoms with Crippen molar-refractivity contribution in [3.8, 4) is 17.6 Å². The summed E-state index contributed by atoms with van der Waals surface area (Å²) in [6, 6.07) is 7.56. The largest absolute Gasteiger partial charge is 0.457 e. The summed E-state index contributed by atoms with van der Waals surface area (Å²) in [5, 5.41) is 18.7. The van der Waals surface area contributed by atoms with E-state index >= 15 is 0 Å². The van der Waals surface area contributed by atoms with Gasteiger partial charge in [-0.3, -0.25) is 0 Å². The van der Waals surface area contributed by atoms with E-state index in [1.165, 1.54) is 18.2 Å². The molecule has 3 rings (SSSR count). The van der Waals surface area contributed by atoms with Gasteiger partial charge in [-0.1, -0.05) is 0 Å². The maximum absolute atomic E-state index is 14.3. The number of aliphatic hydroxyl groups is 1. The molecule has 1 aliphatic carbocycles. The molecule has 0 aliphatic heterocycles. The second kappa shape index (κ2) is 6.24. The van der Waals surface area contributed by atoms with Crippen LogP contribution in [-0.4, -0.2) is 17.3 Å². The molecule has 0 spiro atoms. The zero-order chi connectivity index (χ0) is 18.4. The smallest absolute Gasteiger partial charge is 0.312 e. The van der Waals surface area contributed by atoms with Crippen LogP contribution in [0.3, 0.4) is 0 Å². The summed E-state index contributed by atoms with van der Waals surface area (Å²) in [7, 11) is 0. The second-order valence-corrected chi connectivity index (χ2v) is 6.27. The molecule has 8 heteroatoms. The van der Waals surface area contributed by atoms with Crippen molar-refractivity contribution in [3.63, 3.8) is 0 Å². The molecule has 0 amide bonds. The summed E-state index contributed by atoms with van der Waals surface area (Å²) in [6.07, 6.45) is -3.45. The third-order valence-corrected chi connectivity index (χ3v) is 4.68. The predicted octanol–water partition coefficient (Wildman–Crippen LogP) is 4.90. The van der Waals surface area contributed by atoms with Crippen LogP contribution in [0, 0.1) is 17.1 Å². The van der Waals surface area contributed by atoms with Crippen molar-refractivity contribution < 1.29 is 27.4 Å². The monoisotopic (exact) mass is 369 g/mol. The summed E-state index contributed by atoms with van der Waals surface area (Å²) in [5.74, 6) is -5.14. The van der Waals surface area contributed by atoms with Gasteiger partial charge in [-0.25, -0.2) is 8.78 Å². The number of thioether (sulfide) groups is 1. The fourth-order valence-electron chi connectivity index (χ4n) is 2.74. The van der Waals surface area contributed by atoms with E-state index in [1.807, 2.05) is 0 Å². The number of hydrogen-bond donors (Lipinski definition) is 1. The van der Waals surface area contributed by atoms with Crippen LogP contribution in [-0.2, 0) is 0 Å². The first-order valence-electron chi connectivity index (χ1n) is 7.09. The van der Waals surface area contributed by atoms with Gasteiger partial charge in [0.1, 0.15) is 23.4 Å². The number of aliphatic hydroxyl groups excluding tert-OH is 1. The molecule has 0 saturated heterocycles. The Morgan fingerprint density at radius 1 is 1.24 bits per heavy atom. The van der Waals surface area contributed by atoms with Crippen molar-refractivity contribution in [1.29, 1.82) is 5.26 Å². The first-order chi connectivity index (χ1) is 11.8. The van der Waals surface area contributed by atoms with Crippen LogP contribution in [0.15, 0.2) is 35.2 Å². The fourth-order valence-corrected chi connectivity index (χ4v) is 3.39. The molecule has 2 aromatic rings. The lowest BCUT2D eigenvalue weighted by Crippen LogP contribution is -2.24. The van der Waals surface area contributed by atoms with Crippen molar-refractivity contribution in [2.24, 2.45) is 0 Å². The summed E-state index contributed by atoms with van der Waals surface area (Å²) in [4.78, 5) is 0.298. The molecule has 0 fully saturated rings. The highest BCUT2D eigenvalue weighted by atomic mass is 32.2. The molecular weight excluding hydrogens is 358 g/mol. The fraction of sp³-hybridized carbons (Fsp3) is 0.235. The Balaban J connectivity index is 2.12. The van der Waals surface area contributed by atoms with Crippen LogP contribution in [0.2, 0.25) is 0 Å². The predicted molar refractivity (Wildman–Crippen MR) is 83.2 cm³/mol. The van der Waals surface area contributed by atoms with Gasteiger partial charge in [0.2, 0.25) is 0 Å². The number of ether oxygens (including phenoxy) is 1. The molecule has 25 heavy (non-hydrogen) atoms. The maximum atomic E-state index is 14.3. The van der Waals surface area contributed by atoms with Gasteiger partial charge >= 0.3 is 5.92 Å². The molecule has 0 heterocycles. The van der Waals surface area contributed by atoms with Crippen LogP contribution in [0.25, 0.3) is 0 Å². The second-order valence-electron chi connectivity index (χ2n) is 5.42. The highest BCUT2D eigenvalue weighted by Gasteiger charge is 2.58. The molecule has 2 unspecified atom stereocenters. The lowest BCUT2D eigenvalue weighted by atomic mass is 10.1. The van der Waals surface area contributed by atoms with E-state index in [0.29, 0.717) is 4.90 Å². The summed E-state index contributed by atoms with van der Waals surface area (Å²) in [5.41, 5.74) is -0.735. The topological polar surface area (TPSA) is 53.2 Å². The van der Waals surface area contributed by atoms with Crippen LogP contribution in [0.5, 0.6) is 11.5 Å². The van der Waals surface area contributed by atoms with Gasteiger partial charge in [0.15, 0.2) is 6.17 Å². The van der Waals surface area contributed by atoms with Crippen molar-refractivity contribution in [2.45, 2.75) is 23.1 Å². The lowest BCUT2D eigenvalue weighted by molar-refractivity contribution is -0.143. The normalized spacial score (nSPS) is 20.8. The van der Waals surface area contributed by atoms with E-state index in [2.05, 4.69) is 0 Å². The Kier molecular flexibility index (Phi) is 4.39. The van der Waals surface area contributed by atoms with Crippen molar-refractivity contribution in [1.82, 2.24) is 0 Å². The Hall–Kier alpha value is -2.24. The molecule has 3 nitrogen and oxygen atoms in total. The van der Waals surface area contributed by atoms with E-state index in [-0.39, 0.29) is 22.6 Å². The van der Waals surface area contributed by atoms with E-state index in [1.54, 1.807) is 12.3 Å². The average molecular weight is 369 g/mol. The van der Waals surface area contributed by atoms with Gasteiger partial charge in [0.25, 0.3) is 0 Å². The summed E-state index contributed by atoms with van der Waals surface area (Å²) < 4.78 is 61.1. The molecule has 0 bridgehead atoms. The number of alkyl halides is 3. The SMILES string of the molecule is CSc1ccc(Oc2cc(F)cc(C#N)c2)c2c1C(O)C(F)(F)C2F. The van der Waals surface area contributed by atoms with Gasteiger partial charge in [-0.15, -0.1) is 11.8 Å². The molecule has 1 aliphatic rings. The van der Waals surface area contributed by atoms with Crippen LogP contribution < -0.4 is 4.74 Å². The minimum atomic E-state index is -3.99. The number of rotatable bonds is 3. The first kappa shape index (κ1) is 17.6. The highest BCUT2D eigenvalue weighted by Crippen LogP contribution is 2.57. The Labute approximate surface area is 144 Å². The van der Waals surface area contributed by atoms with Gasteiger partial charge in [-0.05, 0) is 30.5 Å². The zero-order valence-corrected chi connectivity index (χ0v) is 13.6. The molecule has 1 N–H and O–H groups in total. The van der Waals surface area contributed by atoms with Crippen molar-refractivity contribution in [3.05, 3.63) is 52.8 Å². The minimum Gasteiger partial charge on any atom is -0.457 e. The van der Waals surface area contributed by atoms with E-state index in [9.17, 15) is 22.7 Å². The van der Waals surface area contributed by atoms with E-state index in [0.717, 1.165) is 23.9 Å². The number of halogens is 4. The standard InChI is InChI=1S/C17H11F4NO2S/c1-25-12-3-2-11(13-14(12)16(23)17(20,21)15(13)19)24-10-5-8(7-22)4-9(18)6-10/h2-6,15-16,23H,1H3. The average Bonchev–Trinajstić information content (AvgIpc) is 2.76. The Morgan fingerprint density at radius 3 is 2.60 bits per heavy atom. The molecule has 0 saturated carbocycles. The Morgan fingerprint density at radius 2 is 1.96 bits per heavy atom. The first-order valence-corrected chi connectivity index (χ1v) is 8.31. The zero-order valence-electron chi connectivity index (χ0n) is 12.8. The molecule has 0 radical (unpaired) electrons. The van der Waals surface area contributed by atoms with Gasteiger partial charge in [0, 0.05) is 22.1 Å². The number of benzene rings is 2. The van der Waals surface area contributed by atoms with Gasteiger partial charge < -0.3 is 9.84 Å². The van der Waals surface area contributed by atoms with E-state index < -0.39 is 29.6 Å². The number of nitrogens with zero attached hydrogens (tertiary/aromatic N) is 1. The third kappa shape index (κ3) is 2.83. The van der Waals surface area contributed by atoms with Crippen molar-refractivity contribution >= 4 is 11.8 Å². The quantitative estimate of drug-likeness (QED) is 0.617. The molecule has 2 aromatic carbocycles. The highest BCUT2D eigenvalue weighted by molar-refractivity contribution is 7.98. The molecule has 2 atom stereocenters. The number of nitriles is 1.